The van der Waals surface area contributed by atoms with Crippen molar-refractivity contribution in [2.45, 2.75) is 62.7 Å². The van der Waals surface area contributed by atoms with Gasteiger partial charge in [0.05, 0.1) is 11.5 Å². The molecule has 3 fully saturated rings. The summed E-state index contributed by atoms with van der Waals surface area (Å²) in [5.41, 5.74) is -0.0939. The minimum Gasteiger partial charge on any atom is -0.317 e. The molecule has 0 aromatic rings. The second-order valence-electron chi connectivity index (χ2n) is 6.59. The predicted molar refractivity (Wildman–Crippen MR) is 72.4 cm³/mol. The molecule has 1 N–H and O–H groups in total. The van der Waals surface area contributed by atoms with Gasteiger partial charge < -0.3 is 5.32 Å². The maximum absolute atomic E-state index is 11.8. The van der Waals surface area contributed by atoms with Crippen LogP contribution in [0, 0.1) is 0 Å². The van der Waals surface area contributed by atoms with Gasteiger partial charge in [0, 0.05) is 23.7 Å². The molecule has 3 heterocycles. The monoisotopic (exact) mass is 272 g/mol. The number of fused-ring (bicyclic) bond motifs is 2. The van der Waals surface area contributed by atoms with E-state index in [2.05, 4.69) is 17.1 Å². The first-order valence-electron chi connectivity index (χ1n) is 7.10. The van der Waals surface area contributed by atoms with E-state index < -0.39 is 9.84 Å². The lowest BCUT2D eigenvalue weighted by Crippen LogP contribution is -2.58. The van der Waals surface area contributed by atoms with Crippen LogP contribution in [0.5, 0.6) is 0 Å². The van der Waals surface area contributed by atoms with Gasteiger partial charge in [-0.25, -0.2) is 8.42 Å². The van der Waals surface area contributed by atoms with Crippen molar-refractivity contribution in [2.24, 2.45) is 0 Å². The predicted octanol–water partition coefficient (Wildman–Crippen LogP) is 0.778. The summed E-state index contributed by atoms with van der Waals surface area (Å²) in [6, 6.07) is 1.82. The third-order valence-corrected chi connectivity index (χ3v) is 7.14. The van der Waals surface area contributed by atoms with E-state index in [0.717, 1.165) is 6.42 Å². The van der Waals surface area contributed by atoms with Gasteiger partial charge in [0.1, 0.15) is 0 Å². The summed E-state index contributed by atoms with van der Waals surface area (Å²) in [5.74, 6) is 0.756. The molecule has 3 aliphatic heterocycles. The third-order valence-electron chi connectivity index (χ3n) is 5.25. The Kier molecular flexibility index (Phi) is 2.99. The van der Waals surface area contributed by atoms with Crippen LogP contribution in [-0.4, -0.2) is 55.5 Å². The molecular weight excluding hydrogens is 248 g/mol. The van der Waals surface area contributed by atoms with E-state index in [4.69, 9.17) is 0 Å². The van der Waals surface area contributed by atoms with Gasteiger partial charge in [-0.2, -0.15) is 0 Å². The average Bonchev–Trinajstić information content (AvgIpc) is 2.74. The zero-order valence-corrected chi connectivity index (χ0v) is 12.2. The van der Waals surface area contributed by atoms with Crippen LogP contribution in [0.25, 0.3) is 0 Å². The Morgan fingerprint density at radius 1 is 1.22 bits per heavy atom. The SMILES string of the molecule is CNC1CC2CCC(C1)N2C1(C)CCS(=O)(=O)C1. The molecule has 18 heavy (non-hydrogen) atoms. The first-order valence-corrected chi connectivity index (χ1v) is 8.92. The van der Waals surface area contributed by atoms with Crippen molar-refractivity contribution in [2.75, 3.05) is 18.6 Å². The fraction of sp³-hybridized carbons (Fsp3) is 1.00. The lowest BCUT2D eigenvalue weighted by molar-refractivity contribution is 0.0258. The summed E-state index contributed by atoms with van der Waals surface area (Å²) in [6.07, 6.45) is 5.69. The van der Waals surface area contributed by atoms with Crippen molar-refractivity contribution < 1.29 is 8.42 Å². The lowest BCUT2D eigenvalue weighted by atomic mass is 9.89. The molecule has 0 radical (unpaired) electrons. The first kappa shape index (κ1) is 12.9. The number of rotatable bonds is 2. The molecule has 3 unspecified atom stereocenters. The van der Waals surface area contributed by atoms with Gasteiger partial charge in [-0.05, 0) is 46.1 Å². The second kappa shape index (κ2) is 4.18. The van der Waals surface area contributed by atoms with Gasteiger partial charge in [0.15, 0.2) is 9.84 Å². The molecule has 2 bridgehead atoms. The fourth-order valence-electron chi connectivity index (χ4n) is 4.49. The van der Waals surface area contributed by atoms with E-state index in [1.54, 1.807) is 0 Å². The Hall–Kier alpha value is -0.130. The average molecular weight is 272 g/mol. The number of piperidine rings is 1. The molecule has 4 nitrogen and oxygen atoms in total. The quantitative estimate of drug-likeness (QED) is 0.807. The number of nitrogens with one attached hydrogen (secondary N) is 1. The molecule has 104 valence electrons. The minimum absolute atomic E-state index is 0.0939. The molecule has 0 aromatic carbocycles. The van der Waals surface area contributed by atoms with Crippen molar-refractivity contribution in [1.29, 1.82) is 0 Å². The highest BCUT2D eigenvalue weighted by molar-refractivity contribution is 7.91. The first-order chi connectivity index (χ1) is 8.43. The number of nitrogens with zero attached hydrogens (tertiary/aromatic N) is 1. The van der Waals surface area contributed by atoms with Gasteiger partial charge >= 0.3 is 0 Å². The van der Waals surface area contributed by atoms with Crippen LogP contribution in [-0.2, 0) is 9.84 Å². The van der Waals surface area contributed by atoms with Crippen molar-refractivity contribution in [3.63, 3.8) is 0 Å². The highest BCUT2D eigenvalue weighted by Crippen LogP contribution is 2.44. The Morgan fingerprint density at radius 2 is 1.83 bits per heavy atom. The highest BCUT2D eigenvalue weighted by Gasteiger charge is 2.52. The van der Waals surface area contributed by atoms with E-state index in [0.29, 0.717) is 29.6 Å². The molecule has 0 saturated carbocycles. The third kappa shape index (κ3) is 2.00. The van der Waals surface area contributed by atoms with Gasteiger partial charge in [0.2, 0.25) is 0 Å². The van der Waals surface area contributed by atoms with E-state index in [1.165, 1.54) is 25.7 Å². The van der Waals surface area contributed by atoms with Gasteiger partial charge in [0.25, 0.3) is 0 Å². The van der Waals surface area contributed by atoms with Crippen LogP contribution in [0.15, 0.2) is 0 Å². The Balaban J connectivity index is 1.82. The number of hydrogen-bond acceptors (Lipinski definition) is 4. The minimum atomic E-state index is -2.80. The van der Waals surface area contributed by atoms with Crippen LogP contribution in [0.1, 0.15) is 39.0 Å². The molecule has 3 saturated heterocycles. The molecule has 0 amide bonds. The lowest BCUT2D eigenvalue weighted by Gasteiger charge is -2.47. The summed E-state index contributed by atoms with van der Waals surface area (Å²) in [7, 11) is -0.756. The van der Waals surface area contributed by atoms with Gasteiger partial charge in [-0.15, -0.1) is 0 Å². The van der Waals surface area contributed by atoms with Crippen molar-refractivity contribution in [1.82, 2.24) is 10.2 Å². The molecular formula is C13H24N2O2S. The number of sulfone groups is 1. The molecule has 3 atom stereocenters. The Labute approximate surface area is 110 Å². The van der Waals surface area contributed by atoms with E-state index in [-0.39, 0.29) is 5.54 Å². The van der Waals surface area contributed by atoms with Gasteiger partial charge in [-0.3, -0.25) is 4.90 Å². The normalized spacial score (nSPS) is 47.6. The largest absolute Gasteiger partial charge is 0.317 e. The van der Waals surface area contributed by atoms with Crippen LogP contribution >= 0.6 is 0 Å². The molecule has 0 aliphatic carbocycles. The summed E-state index contributed by atoms with van der Waals surface area (Å²) in [6.45, 7) is 2.17. The molecule has 3 aliphatic rings. The maximum Gasteiger partial charge on any atom is 0.152 e. The molecule has 0 spiro atoms. The van der Waals surface area contributed by atoms with Crippen LogP contribution < -0.4 is 5.32 Å². The van der Waals surface area contributed by atoms with Crippen molar-refractivity contribution in [3.05, 3.63) is 0 Å². The van der Waals surface area contributed by atoms with E-state index in [9.17, 15) is 8.42 Å². The van der Waals surface area contributed by atoms with Crippen molar-refractivity contribution >= 4 is 9.84 Å². The summed E-state index contributed by atoms with van der Waals surface area (Å²) in [4.78, 5) is 2.57. The van der Waals surface area contributed by atoms with E-state index >= 15 is 0 Å². The Morgan fingerprint density at radius 3 is 2.28 bits per heavy atom. The highest BCUT2D eigenvalue weighted by atomic mass is 32.2. The second-order valence-corrected chi connectivity index (χ2v) is 8.77. The Bertz CT molecular complexity index is 422. The van der Waals surface area contributed by atoms with Gasteiger partial charge in [-0.1, -0.05) is 0 Å². The summed E-state index contributed by atoms with van der Waals surface area (Å²) in [5, 5.41) is 3.40. The zero-order valence-electron chi connectivity index (χ0n) is 11.4. The van der Waals surface area contributed by atoms with E-state index in [1.807, 2.05) is 7.05 Å². The summed E-state index contributed by atoms with van der Waals surface area (Å²) >= 11 is 0. The zero-order chi connectivity index (χ0) is 13.0. The molecule has 0 aromatic heterocycles. The maximum atomic E-state index is 11.8. The molecule has 5 heteroatoms. The standard InChI is InChI=1S/C13H24N2O2S/c1-13(5-6-18(16,17)9-13)15-11-3-4-12(15)8-10(7-11)14-2/h10-12,14H,3-9H2,1-2H3. The summed E-state index contributed by atoms with van der Waals surface area (Å²) < 4.78 is 23.6. The smallest absolute Gasteiger partial charge is 0.152 e. The van der Waals surface area contributed by atoms with Crippen LogP contribution in [0.2, 0.25) is 0 Å². The van der Waals surface area contributed by atoms with Crippen LogP contribution in [0.3, 0.4) is 0 Å². The topological polar surface area (TPSA) is 49.4 Å². The van der Waals surface area contributed by atoms with Crippen molar-refractivity contribution in [3.8, 4) is 0 Å². The van der Waals surface area contributed by atoms with Crippen LogP contribution in [0.4, 0.5) is 0 Å². The number of hydrogen-bond donors (Lipinski definition) is 1. The fourth-order valence-corrected chi connectivity index (χ4v) is 6.63. The molecule has 3 rings (SSSR count).